The van der Waals surface area contributed by atoms with E-state index in [0.717, 1.165) is 35.0 Å². The molecule has 0 atom stereocenters. The number of rotatable bonds is 3. The van der Waals surface area contributed by atoms with Crippen LogP contribution in [0.25, 0.3) is 33.7 Å². The van der Waals surface area contributed by atoms with Crippen molar-refractivity contribution in [1.82, 2.24) is 15.1 Å². The molecule has 5 nitrogen and oxygen atoms in total. The van der Waals surface area contributed by atoms with Crippen molar-refractivity contribution in [2.24, 2.45) is 0 Å². The number of benzene rings is 2. The fraction of sp³-hybridized carbons (Fsp3) is 0.150. The number of alkyl halides is 3. The second-order valence-corrected chi connectivity index (χ2v) is 6.52. The number of nitrogens with zero attached hydrogens (tertiary/aromatic N) is 2. The maximum atomic E-state index is 12.4. The summed E-state index contributed by atoms with van der Waals surface area (Å²) in [5, 5.41) is 5.10. The average molecular weight is 384 g/mol. The van der Waals surface area contributed by atoms with Gasteiger partial charge < -0.3 is 14.2 Å². The molecule has 0 unspecified atom stereocenters. The molecule has 1 aliphatic rings. The van der Waals surface area contributed by atoms with Gasteiger partial charge in [-0.25, -0.2) is 0 Å². The normalized spacial score (nSPS) is 13.8. The number of hydrogen-bond donors (Lipinski definition) is 1. The first-order valence-electron chi connectivity index (χ1n) is 8.64. The topological polar surface area (TPSA) is 63.9 Å². The number of hydrogen-bond acceptors (Lipinski definition) is 4. The number of aromatic amines is 1. The van der Waals surface area contributed by atoms with Crippen LogP contribution in [0.1, 0.15) is 17.7 Å². The lowest BCUT2D eigenvalue weighted by Crippen LogP contribution is -2.17. The van der Waals surface area contributed by atoms with E-state index in [2.05, 4.69) is 26.3 Å². The molecule has 0 amide bonds. The van der Waals surface area contributed by atoms with Crippen molar-refractivity contribution in [3.8, 4) is 28.6 Å². The largest absolute Gasteiger partial charge is 0.573 e. The van der Waals surface area contributed by atoms with Crippen molar-refractivity contribution in [3.63, 3.8) is 0 Å². The number of nitrogens with one attached hydrogen (secondary N) is 1. The summed E-state index contributed by atoms with van der Waals surface area (Å²) in [7, 11) is 0. The molecule has 1 radical (unpaired) electrons. The van der Waals surface area contributed by atoms with E-state index in [1.165, 1.54) is 23.8 Å². The number of halogens is 3. The minimum absolute atomic E-state index is 0.121. The Balaban J connectivity index is 1.48. The number of fused-ring (bicyclic) bond motifs is 3. The Kier molecular flexibility index (Phi) is 3.68. The van der Waals surface area contributed by atoms with Crippen molar-refractivity contribution in [2.75, 3.05) is 0 Å². The van der Waals surface area contributed by atoms with Gasteiger partial charge in [-0.2, -0.15) is 4.98 Å². The van der Waals surface area contributed by atoms with Crippen molar-refractivity contribution in [2.45, 2.75) is 19.2 Å². The molecule has 0 aliphatic heterocycles. The smallest absolute Gasteiger partial charge is 0.406 e. The maximum Gasteiger partial charge on any atom is 0.573 e. The SMILES string of the molecule is FC(F)(F)Oc1cccc(-c2nc(-c3ccc4[nH]c5c(c4c3)CC[CH]5)no2)c1. The first kappa shape index (κ1) is 16.9. The Hall–Kier alpha value is -3.29. The third kappa shape index (κ3) is 3.00. The minimum Gasteiger partial charge on any atom is -0.406 e. The number of H-pyrrole nitrogens is 1. The summed E-state index contributed by atoms with van der Waals surface area (Å²) in [5.74, 6) is 0.150. The molecule has 0 fully saturated rings. The van der Waals surface area contributed by atoms with Crippen molar-refractivity contribution >= 4 is 10.9 Å². The third-order valence-corrected chi connectivity index (χ3v) is 4.68. The van der Waals surface area contributed by atoms with Gasteiger partial charge in [0.05, 0.1) is 0 Å². The van der Waals surface area contributed by atoms with E-state index in [-0.39, 0.29) is 11.6 Å². The molecule has 2 aromatic carbocycles. The molecule has 0 saturated heterocycles. The summed E-state index contributed by atoms with van der Waals surface area (Å²) < 4.78 is 46.5. The first-order valence-corrected chi connectivity index (χ1v) is 8.64. The highest BCUT2D eigenvalue weighted by Gasteiger charge is 2.31. The number of ether oxygens (including phenoxy) is 1. The van der Waals surface area contributed by atoms with Crippen LogP contribution in [0.4, 0.5) is 13.2 Å². The predicted molar refractivity (Wildman–Crippen MR) is 95.4 cm³/mol. The van der Waals surface area contributed by atoms with Crippen LogP contribution in [0.2, 0.25) is 0 Å². The molecule has 1 N–H and O–H groups in total. The van der Waals surface area contributed by atoms with Gasteiger partial charge >= 0.3 is 6.36 Å². The molecule has 2 heterocycles. The molecule has 0 saturated carbocycles. The van der Waals surface area contributed by atoms with Gasteiger partial charge in [0, 0.05) is 34.1 Å². The van der Waals surface area contributed by atoms with E-state index in [4.69, 9.17) is 4.52 Å². The summed E-state index contributed by atoms with van der Waals surface area (Å²) in [6.07, 6.45) is -0.577. The Morgan fingerprint density at radius 3 is 2.82 bits per heavy atom. The summed E-state index contributed by atoms with van der Waals surface area (Å²) >= 11 is 0. The van der Waals surface area contributed by atoms with E-state index < -0.39 is 6.36 Å². The molecule has 141 valence electrons. The van der Waals surface area contributed by atoms with Gasteiger partial charge in [-0.05, 0) is 54.8 Å². The lowest BCUT2D eigenvalue weighted by molar-refractivity contribution is -0.274. The van der Waals surface area contributed by atoms with Crippen LogP contribution < -0.4 is 4.74 Å². The highest BCUT2D eigenvalue weighted by Crippen LogP contribution is 2.34. The molecule has 0 bridgehead atoms. The molecular formula is C20H13F3N3O2. The van der Waals surface area contributed by atoms with E-state index in [9.17, 15) is 13.2 Å². The molecule has 1 aliphatic carbocycles. The molecule has 28 heavy (non-hydrogen) atoms. The van der Waals surface area contributed by atoms with Gasteiger partial charge in [-0.15, -0.1) is 13.2 Å². The quantitative estimate of drug-likeness (QED) is 0.522. The zero-order chi connectivity index (χ0) is 19.3. The predicted octanol–water partition coefficient (Wildman–Crippen LogP) is 5.28. The molecule has 4 aromatic rings. The van der Waals surface area contributed by atoms with E-state index in [0.29, 0.717) is 11.4 Å². The van der Waals surface area contributed by atoms with E-state index in [1.54, 1.807) is 6.07 Å². The summed E-state index contributed by atoms with van der Waals surface area (Å²) in [5.41, 5.74) is 4.60. The summed E-state index contributed by atoms with van der Waals surface area (Å²) in [6.45, 7) is 0. The fourth-order valence-corrected chi connectivity index (χ4v) is 3.50. The van der Waals surface area contributed by atoms with Crippen LogP contribution >= 0.6 is 0 Å². The van der Waals surface area contributed by atoms with Crippen molar-refractivity contribution in [3.05, 3.63) is 60.1 Å². The Morgan fingerprint density at radius 1 is 1.07 bits per heavy atom. The zero-order valence-corrected chi connectivity index (χ0v) is 14.4. The Bertz CT molecular complexity index is 1180. The number of aromatic nitrogens is 3. The van der Waals surface area contributed by atoms with Crippen LogP contribution in [-0.2, 0) is 6.42 Å². The van der Waals surface area contributed by atoms with Crippen LogP contribution in [0.3, 0.4) is 0 Å². The Morgan fingerprint density at radius 2 is 1.96 bits per heavy atom. The van der Waals surface area contributed by atoms with Crippen molar-refractivity contribution in [1.29, 1.82) is 0 Å². The molecular weight excluding hydrogens is 371 g/mol. The molecule has 0 spiro atoms. The monoisotopic (exact) mass is 384 g/mol. The van der Waals surface area contributed by atoms with Crippen LogP contribution in [0.5, 0.6) is 5.75 Å². The van der Waals surface area contributed by atoms with Gasteiger partial charge in [0.15, 0.2) is 0 Å². The minimum atomic E-state index is -4.76. The second kappa shape index (κ2) is 6.12. The number of aryl methyl sites for hydroxylation is 1. The van der Waals surface area contributed by atoms with Crippen LogP contribution in [-0.4, -0.2) is 21.5 Å². The first-order chi connectivity index (χ1) is 13.5. The summed E-state index contributed by atoms with van der Waals surface area (Å²) in [4.78, 5) is 7.73. The zero-order valence-electron chi connectivity index (χ0n) is 14.4. The van der Waals surface area contributed by atoms with E-state index in [1.807, 2.05) is 18.2 Å². The maximum absolute atomic E-state index is 12.4. The van der Waals surface area contributed by atoms with Crippen LogP contribution in [0.15, 0.2) is 47.0 Å². The third-order valence-electron chi connectivity index (χ3n) is 4.68. The lowest BCUT2D eigenvalue weighted by atomic mass is 10.1. The average Bonchev–Trinajstić information content (AvgIpc) is 3.36. The lowest BCUT2D eigenvalue weighted by Gasteiger charge is -2.08. The standard InChI is InChI=1S/C20H13F3N3O2/c21-20(22,23)27-13-4-1-3-12(9-13)19-25-18(26-28-19)11-7-8-17-15(10-11)14-5-2-6-16(14)24-17/h1,3-4,6-10,24H,2,5H2. The second-order valence-electron chi connectivity index (χ2n) is 6.52. The summed E-state index contributed by atoms with van der Waals surface area (Å²) in [6, 6.07) is 11.3. The van der Waals surface area contributed by atoms with Gasteiger partial charge in [0.25, 0.3) is 5.89 Å². The molecule has 5 rings (SSSR count). The molecule has 2 aromatic heterocycles. The van der Waals surface area contributed by atoms with Crippen LogP contribution in [0, 0.1) is 6.42 Å². The highest BCUT2D eigenvalue weighted by molar-refractivity contribution is 5.89. The van der Waals surface area contributed by atoms with Crippen molar-refractivity contribution < 1.29 is 22.4 Å². The highest BCUT2D eigenvalue weighted by atomic mass is 19.4. The van der Waals surface area contributed by atoms with Gasteiger partial charge in [-0.3, -0.25) is 0 Å². The molecule has 8 heteroatoms. The van der Waals surface area contributed by atoms with Gasteiger partial charge in [0.2, 0.25) is 5.82 Å². The Labute approximate surface area is 157 Å². The van der Waals surface area contributed by atoms with E-state index >= 15 is 0 Å². The fourth-order valence-electron chi connectivity index (χ4n) is 3.50. The van der Waals surface area contributed by atoms with Gasteiger partial charge in [0.1, 0.15) is 5.75 Å². The van der Waals surface area contributed by atoms with Gasteiger partial charge in [-0.1, -0.05) is 11.2 Å².